The first kappa shape index (κ1) is 14.9. The minimum absolute atomic E-state index is 0.101. The van der Waals surface area contributed by atoms with E-state index in [0.29, 0.717) is 0 Å². The largest absolute Gasteiger partial charge is 0.348 e. The third-order valence-corrected chi connectivity index (χ3v) is 3.02. The molecule has 0 aromatic heterocycles. The molecule has 0 spiro atoms. The van der Waals surface area contributed by atoms with Gasteiger partial charge in [-0.2, -0.15) is 0 Å². The number of carbonyl (C=O) groups excluding carboxylic acids is 1. The molecule has 2 aromatic carbocycles. The molecule has 4 N–H and O–H groups in total. The highest BCUT2D eigenvalue weighted by Gasteiger charge is 2.14. The highest BCUT2D eigenvalue weighted by molar-refractivity contribution is 5.94. The molecule has 0 heterocycles. The molecular formula is C15H15F2N3O. The molecular weight excluding hydrogens is 276 g/mol. The van der Waals surface area contributed by atoms with Gasteiger partial charge >= 0.3 is 0 Å². The summed E-state index contributed by atoms with van der Waals surface area (Å²) in [7, 11) is 0. The van der Waals surface area contributed by atoms with Gasteiger partial charge in [0.2, 0.25) is 0 Å². The second-order valence-electron chi connectivity index (χ2n) is 4.63. The van der Waals surface area contributed by atoms with Crippen molar-refractivity contribution in [2.75, 3.05) is 5.43 Å². The molecule has 0 aliphatic rings. The summed E-state index contributed by atoms with van der Waals surface area (Å²) in [4.78, 5) is 11.9. The lowest BCUT2D eigenvalue weighted by Crippen LogP contribution is -2.23. The number of hydrogen-bond donors (Lipinski definition) is 3. The number of nitrogens with one attached hydrogen (secondary N) is 2. The fraction of sp³-hybridized carbons (Fsp3) is 0.133. The van der Waals surface area contributed by atoms with E-state index in [1.165, 1.54) is 0 Å². The monoisotopic (exact) mass is 291 g/mol. The number of halogens is 2. The first-order valence-corrected chi connectivity index (χ1v) is 6.30. The van der Waals surface area contributed by atoms with Crippen molar-refractivity contribution in [3.05, 3.63) is 64.7 Å². The van der Waals surface area contributed by atoms with E-state index in [-0.39, 0.29) is 12.1 Å². The molecule has 2 aromatic rings. The Hall–Kier alpha value is -2.47. The number of hydrogen-bond acceptors (Lipinski definition) is 3. The average Bonchev–Trinajstić information content (AvgIpc) is 2.46. The molecule has 0 aliphatic heterocycles. The standard InChI is InChI=1S/C15H15F2N3O/c1-9-2-4-10(5-3-9)8-19-15(21)11-6-12(16)14(20-18)13(17)7-11/h2-7,20H,8,18H2,1H3,(H,19,21). The Labute approximate surface area is 120 Å². The number of hydrazine groups is 1. The first-order valence-electron chi connectivity index (χ1n) is 6.30. The maximum atomic E-state index is 13.5. The van der Waals surface area contributed by atoms with Crippen molar-refractivity contribution < 1.29 is 13.6 Å². The maximum absolute atomic E-state index is 13.5. The molecule has 6 heteroatoms. The third kappa shape index (κ3) is 3.55. The SMILES string of the molecule is Cc1ccc(CNC(=O)c2cc(F)c(NN)c(F)c2)cc1. The van der Waals surface area contributed by atoms with Gasteiger partial charge in [-0.1, -0.05) is 29.8 Å². The molecule has 2 rings (SSSR count). The van der Waals surface area contributed by atoms with Crippen molar-refractivity contribution in [2.45, 2.75) is 13.5 Å². The number of amides is 1. The number of benzene rings is 2. The lowest BCUT2D eigenvalue weighted by molar-refractivity contribution is 0.0950. The molecule has 110 valence electrons. The average molecular weight is 291 g/mol. The van der Waals surface area contributed by atoms with Crippen LogP contribution in [0.1, 0.15) is 21.5 Å². The molecule has 0 unspecified atom stereocenters. The van der Waals surface area contributed by atoms with E-state index in [4.69, 9.17) is 5.84 Å². The molecule has 0 radical (unpaired) electrons. The molecule has 0 saturated carbocycles. The Kier molecular flexibility index (Phi) is 4.49. The zero-order chi connectivity index (χ0) is 15.4. The van der Waals surface area contributed by atoms with Crippen LogP contribution in [0, 0.1) is 18.6 Å². The van der Waals surface area contributed by atoms with Crippen LogP contribution in [0.25, 0.3) is 0 Å². The summed E-state index contributed by atoms with van der Waals surface area (Å²) in [6.45, 7) is 2.24. The van der Waals surface area contributed by atoms with Gasteiger partial charge in [0.25, 0.3) is 5.91 Å². The van der Waals surface area contributed by atoms with Gasteiger partial charge in [0, 0.05) is 12.1 Å². The van der Waals surface area contributed by atoms with Crippen LogP contribution < -0.4 is 16.6 Å². The van der Waals surface area contributed by atoms with E-state index in [1.807, 2.05) is 36.6 Å². The van der Waals surface area contributed by atoms with Gasteiger partial charge in [-0.15, -0.1) is 0 Å². The highest BCUT2D eigenvalue weighted by Crippen LogP contribution is 2.19. The lowest BCUT2D eigenvalue weighted by atomic mass is 10.1. The number of nitrogen functional groups attached to an aromatic ring is 1. The van der Waals surface area contributed by atoms with Crippen molar-refractivity contribution in [2.24, 2.45) is 5.84 Å². The summed E-state index contributed by atoms with van der Waals surface area (Å²) < 4.78 is 27.0. The van der Waals surface area contributed by atoms with Gasteiger partial charge in [-0.05, 0) is 24.6 Å². The number of nitrogens with two attached hydrogens (primary N) is 1. The molecule has 0 saturated heterocycles. The molecule has 0 aliphatic carbocycles. The van der Waals surface area contributed by atoms with Crippen LogP contribution in [0.4, 0.5) is 14.5 Å². The smallest absolute Gasteiger partial charge is 0.251 e. The van der Waals surface area contributed by atoms with Gasteiger partial charge in [-0.25, -0.2) is 8.78 Å². The number of aryl methyl sites for hydroxylation is 1. The van der Waals surface area contributed by atoms with Crippen molar-refractivity contribution in [1.82, 2.24) is 5.32 Å². The van der Waals surface area contributed by atoms with E-state index >= 15 is 0 Å². The zero-order valence-electron chi connectivity index (χ0n) is 11.4. The van der Waals surface area contributed by atoms with Crippen LogP contribution in [0.3, 0.4) is 0 Å². The van der Waals surface area contributed by atoms with Gasteiger partial charge in [0.15, 0.2) is 11.6 Å². The number of carbonyl (C=O) groups is 1. The quantitative estimate of drug-likeness (QED) is 0.599. The third-order valence-electron chi connectivity index (χ3n) is 3.02. The Balaban J connectivity index is 2.08. The first-order chi connectivity index (χ1) is 10.0. The van der Waals surface area contributed by atoms with Crippen LogP contribution in [0.5, 0.6) is 0 Å². The summed E-state index contributed by atoms with van der Waals surface area (Å²) in [5, 5.41) is 2.60. The Morgan fingerprint density at radius 3 is 2.24 bits per heavy atom. The van der Waals surface area contributed by atoms with Crippen molar-refractivity contribution in [3.63, 3.8) is 0 Å². The number of rotatable bonds is 4. The van der Waals surface area contributed by atoms with E-state index in [9.17, 15) is 13.6 Å². The second-order valence-corrected chi connectivity index (χ2v) is 4.63. The Morgan fingerprint density at radius 2 is 1.71 bits per heavy atom. The predicted octanol–water partition coefficient (Wildman–Crippen LogP) is 2.49. The molecule has 1 amide bonds. The molecule has 4 nitrogen and oxygen atoms in total. The predicted molar refractivity (Wildman–Crippen MR) is 76.5 cm³/mol. The zero-order valence-corrected chi connectivity index (χ0v) is 11.4. The lowest BCUT2D eigenvalue weighted by Gasteiger charge is -2.08. The fourth-order valence-corrected chi connectivity index (χ4v) is 1.83. The summed E-state index contributed by atoms with van der Waals surface area (Å²) in [5.41, 5.74) is 3.35. The Morgan fingerprint density at radius 1 is 1.14 bits per heavy atom. The highest BCUT2D eigenvalue weighted by atomic mass is 19.1. The van der Waals surface area contributed by atoms with Gasteiger partial charge < -0.3 is 10.7 Å². The second kappa shape index (κ2) is 6.32. The van der Waals surface area contributed by atoms with Gasteiger partial charge in [-0.3, -0.25) is 10.6 Å². The van der Waals surface area contributed by atoms with E-state index in [2.05, 4.69) is 5.32 Å². The topological polar surface area (TPSA) is 67.2 Å². The van der Waals surface area contributed by atoms with Crippen molar-refractivity contribution in [3.8, 4) is 0 Å². The van der Waals surface area contributed by atoms with E-state index in [0.717, 1.165) is 23.3 Å². The van der Waals surface area contributed by atoms with Crippen LogP contribution in [0.15, 0.2) is 36.4 Å². The summed E-state index contributed by atoms with van der Waals surface area (Å²) >= 11 is 0. The molecule has 0 fully saturated rings. The van der Waals surface area contributed by atoms with Crippen LogP contribution in [-0.4, -0.2) is 5.91 Å². The normalized spacial score (nSPS) is 10.3. The molecule has 0 atom stereocenters. The summed E-state index contributed by atoms with van der Waals surface area (Å²) in [6.07, 6.45) is 0. The number of anilines is 1. The summed E-state index contributed by atoms with van der Waals surface area (Å²) in [5.74, 6) is 2.60. The fourth-order valence-electron chi connectivity index (χ4n) is 1.83. The Bertz CT molecular complexity index is 633. The van der Waals surface area contributed by atoms with Crippen LogP contribution in [-0.2, 0) is 6.54 Å². The van der Waals surface area contributed by atoms with E-state index < -0.39 is 23.2 Å². The van der Waals surface area contributed by atoms with Gasteiger partial charge in [0.1, 0.15) is 5.69 Å². The van der Waals surface area contributed by atoms with Crippen molar-refractivity contribution in [1.29, 1.82) is 0 Å². The minimum atomic E-state index is -0.919. The minimum Gasteiger partial charge on any atom is -0.348 e. The molecule has 0 bridgehead atoms. The van der Waals surface area contributed by atoms with Gasteiger partial charge in [0.05, 0.1) is 0 Å². The summed E-state index contributed by atoms with van der Waals surface area (Å²) in [6, 6.07) is 9.45. The van der Waals surface area contributed by atoms with Crippen LogP contribution in [0.2, 0.25) is 0 Å². The molecule has 21 heavy (non-hydrogen) atoms. The van der Waals surface area contributed by atoms with E-state index in [1.54, 1.807) is 0 Å². The van der Waals surface area contributed by atoms with Crippen molar-refractivity contribution >= 4 is 11.6 Å². The maximum Gasteiger partial charge on any atom is 0.251 e. The van der Waals surface area contributed by atoms with Crippen LogP contribution >= 0.6 is 0 Å².